The molecule has 1 N–H and O–H groups in total. The summed E-state index contributed by atoms with van der Waals surface area (Å²) in [5, 5.41) is 14.3. The molecule has 2 fully saturated rings. The Labute approximate surface area is 119 Å². The molecule has 6 heteroatoms. The van der Waals surface area contributed by atoms with Crippen molar-refractivity contribution in [3.8, 4) is 0 Å². The predicted molar refractivity (Wildman–Crippen MR) is 73.9 cm³/mol. The molecule has 1 aromatic rings. The summed E-state index contributed by atoms with van der Waals surface area (Å²) in [6, 6.07) is 5.64. The van der Waals surface area contributed by atoms with Gasteiger partial charge in [-0.15, -0.1) is 0 Å². The van der Waals surface area contributed by atoms with Gasteiger partial charge in [0.25, 0.3) is 5.69 Å². The third kappa shape index (κ3) is 2.66. The van der Waals surface area contributed by atoms with Gasteiger partial charge in [-0.2, -0.15) is 0 Å². The third-order valence-electron chi connectivity index (χ3n) is 3.88. The number of nitro groups is 1. The zero-order chi connectivity index (χ0) is 13.4. The molecule has 0 spiro atoms. The maximum atomic E-state index is 10.9. The van der Waals surface area contributed by atoms with Crippen molar-refractivity contribution in [1.82, 2.24) is 5.32 Å². The number of benzene rings is 1. The maximum absolute atomic E-state index is 10.9. The number of halogens is 1. The van der Waals surface area contributed by atoms with Crippen LogP contribution < -0.4 is 5.32 Å². The molecular weight excluding hydrogens is 312 g/mol. The molecule has 3 unspecified atom stereocenters. The van der Waals surface area contributed by atoms with Crippen molar-refractivity contribution in [2.75, 3.05) is 0 Å². The summed E-state index contributed by atoms with van der Waals surface area (Å²) in [4.78, 5) is 10.5. The first-order valence-electron chi connectivity index (χ1n) is 6.45. The van der Waals surface area contributed by atoms with Crippen LogP contribution in [0.25, 0.3) is 0 Å². The van der Waals surface area contributed by atoms with Gasteiger partial charge in [0.05, 0.1) is 21.6 Å². The van der Waals surface area contributed by atoms with Gasteiger partial charge < -0.3 is 10.1 Å². The summed E-state index contributed by atoms with van der Waals surface area (Å²) >= 11 is 3.19. The molecular formula is C13H15BrN2O3. The van der Waals surface area contributed by atoms with Crippen molar-refractivity contribution in [2.45, 2.75) is 44.1 Å². The second-order valence-electron chi connectivity index (χ2n) is 5.14. The molecule has 1 aromatic carbocycles. The van der Waals surface area contributed by atoms with Crippen LogP contribution >= 0.6 is 15.9 Å². The summed E-state index contributed by atoms with van der Waals surface area (Å²) < 4.78 is 6.29. The van der Waals surface area contributed by atoms with Crippen molar-refractivity contribution in [2.24, 2.45) is 0 Å². The summed E-state index contributed by atoms with van der Waals surface area (Å²) in [5.41, 5.74) is 1.04. The largest absolute Gasteiger partial charge is 0.373 e. The highest BCUT2D eigenvalue weighted by molar-refractivity contribution is 9.10. The Bertz CT molecular complexity index is 509. The second kappa shape index (κ2) is 5.19. The van der Waals surface area contributed by atoms with E-state index in [9.17, 15) is 10.1 Å². The van der Waals surface area contributed by atoms with Crippen LogP contribution in [0.15, 0.2) is 22.7 Å². The normalized spacial score (nSPS) is 28.8. The Morgan fingerprint density at radius 1 is 1.47 bits per heavy atom. The number of nitrogens with one attached hydrogen (secondary N) is 1. The molecule has 102 valence electrons. The fourth-order valence-corrected chi connectivity index (χ4v) is 3.30. The quantitative estimate of drug-likeness (QED) is 0.682. The Balaban J connectivity index is 1.64. The van der Waals surface area contributed by atoms with Crippen LogP contribution in [0.4, 0.5) is 5.69 Å². The number of nitro benzene ring substituents is 1. The minimum Gasteiger partial charge on any atom is -0.373 e. The van der Waals surface area contributed by atoms with Crippen molar-refractivity contribution in [1.29, 1.82) is 0 Å². The summed E-state index contributed by atoms with van der Waals surface area (Å²) in [7, 11) is 0. The van der Waals surface area contributed by atoms with Crippen molar-refractivity contribution < 1.29 is 9.66 Å². The standard InChI is InChI=1S/C13H15BrN2O3/c14-10-3-1-8(5-12(10)16(17)18)7-15-11-6-9-2-4-13(11)19-9/h1,3,5,9,11,13,15H,2,4,6-7H2. The molecule has 0 saturated carbocycles. The van der Waals surface area contributed by atoms with E-state index in [1.54, 1.807) is 12.1 Å². The van der Waals surface area contributed by atoms with Crippen LogP contribution in [-0.2, 0) is 11.3 Å². The summed E-state index contributed by atoms with van der Waals surface area (Å²) in [6.45, 7) is 0.644. The average molecular weight is 327 g/mol. The van der Waals surface area contributed by atoms with Gasteiger partial charge in [0.2, 0.25) is 0 Å². The molecule has 3 rings (SSSR count). The maximum Gasteiger partial charge on any atom is 0.283 e. The number of rotatable bonds is 4. The Hall–Kier alpha value is -0.980. The fraction of sp³-hybridized carbons (Fsp3) is 0.538. The fourth-order valence-electron chi connectivity index (χ4n) is 2.91. The summed E-state index contributed by atoms with van der Waals surface area (Å²) in [5.74, 6) is 0. The molecule has 19 heavy (non-hydrogen) atoms. The first kappa shape index (κ1) is 13.0. The highest BCUT2D eigenvalue weighted by Crippen LogP contribution is 2.34. The van der Waals surface area contributed by atoms with E-state index in [2.05, 4.69) is 21.2 Å². The van der Waals surface area contributed by atoms with Crippen molar-refractivity contribution >= 4 is 21.6 Å². The van der Waals surface area contributed by atoms with Gasteiger partial charge in [0, 0.05) is 18.7 Å². The van der Waals surface area contributed by atoms with Crippen molar-refractivity contribution in [3.63, 3.8) is 0 Å². The molecule has 0 aliphatic carbocycles. The molecule has 2 aliphatic heterocycles. The Morgan fingerprint density at radius 2 is 2.32 bits per heavy atom. The first-order chi connectivity index (χ1) is 9.13. The van der Waals surface area contributed by atoms with Gasteiger partial charge >= 0.3 is 0 Å². The first-order valence-corrected chi connectivity index (χ1v) is 7.24. The van der Waals surface area contributed by atoms with Crippen LogP contribution in [-0.4, -0.2) is 23.2 Å². The molecule has 5 nitrogen and oxygen atoms in total. The lowest BCUT2D eigenvalue weighted by Crippen LogP contribution is -2.36. The second-order valence-corrected chi connectivity index (χ2v) is 5.99. The van der Waals surface area contributed by atoms with E-state index in [1.807, 2.05) is 6.07 Å². The lowest BCUT2D eigenvalue weighted by atomic mass is 9.95. The zero-order valence-corrected chi connectivity index (χ0v) is 11.9. The lowest BCUT2D eigenvalue weighted by Gasteiger charge is -2.20. The van der Waals surface area contributed by atoms with Crippen molar-refractivity contribution in [3.05, 3.63) is 38.3 Å². The SMILES string of the molecule is O=[N+]([O-])c1cc(CNC2CC3CCC2O3)ccc1Br. The Morgan fingerprint density at radius 3 is 2.95 bits per heavy atom. The minimum absolute atomic E-state index is 0.114. The molecule has 2 heterocycles. The number of hydrogen-bond donors (Lipinski definition) is 1. The van der Waals surface area contributed by atoms with E-state index in [4.69, 9.17) is 4.74 Å². The van der Waals surface area contributed by atoms with Crippen LogP contribution in [0.2, 0.25) is 0 Å². The highest BCUT2D eigenvalue weighted by Gasteiger charge is 2.40. The molecule has 2 bridgehead atoms. The van der Waals surface area contributed by atoms with Crippen LogP contribution in [0.5, 0.6) is 0 Å². The zero-order valence-electron chi connectivity index (χ0n) is 10.3. The predicted octanol–water partition coefficient (Wildman–Crippen LogP) is 2.77. The minimum atomic E-state index is -0.367. The van der Waals surface area contributed by atoms with E-state index in [0.29, 0.717) is 29.3 Å². The number of fused-ring (bicyclic) bond motifs is 2. The summed E-state index contributed by atoms with van der Waals surface area (Å²) in [6.07, 6.45) is 4.11. The number of nitrogens with zero attached hydrogens (tertiary/aromatic N) is 1. The topological polar surface area (TPSA) is 64.4 Å². The average Bonchev–Trinajstić information content (AvgIpc) is 2.99. The van der Waals surface area contributed by atoms with Crippen LogP contribution in [0.3, 0.4) is 0 Å². The van der Waals surface area contributed by atoms with Crippen LogP contribution in [0.1, 0.15) is 24.8 Å². The van der Waals surface area contributed by atoms with Gasteiger partial charge in [-0.1, -0.05) is 6.07 Å². The van der Waals surface area contributed by atoms with E-state index in [1.165, 1.54) is 6.42 Å². The molecule has 3 atom stereocenters. The monoisotopic (exact) mass is 326 g/mol. The van der Waals surface area contributed by atoms with E-state index >= 15 is 0 Å². The smallest absolute Gasteiger partial charge is 0.283 e. The van der Waals surface area contributed by atoms with Gasteiger partial charge in [-0.3, -0.25) is 10.1 Å². The molecule has 0 radical (unpaired) electrons. The molecule has 0 aromatic heterocycles. The molecule has 2 saturated heterocycles. The van der Waals surface area contributed by atoms with Gasteiger partial charge in [0.15, 0.2) is 0 Å². The Kier molecular flexibility index (Phi) is 3.56. The highest BCUT2D eigenvalue weighted by atomic mass is 79.9. The third-order valence-corrected chi connectivity index (χ3v) is 4.55. The van der Waals surface area contributed by atoms with Gasteiger partial charge in [0.1, 0.15) is 0 Å². The number of ether oxygens (including phenoxy) is 1. The molecule has 0 amide bonds. The number of hydrogen-bond acceptors (Lipinski definition) is 4. The van der Waals surface area contributed by atoms with E-state index in [-0.39, 0.29) is 10.6 Å². The van der Waals surface area contributed by atoms with E-state index < -0.39 is 0 Å². The van der Waals surface area contributed by atoms with Gasteiger partial charge in [-0.05, 0) is 46.8 Å². The van der Waals surface area contributed by atoms with E-state index in [0.717, 1.165) is 18.4 Å². The molecule has 2 aliphatic rings. The lowest BCUT2D eigenvalue weighted by molar-refractivity contribution is -0.385. The van der Waals surface area contributed by atoms with Crippen LogP contribution in [0, 0.1) is 10.1 Å². The van der Waals surface area contributed by atoms with Gasteiger partial charge in [-0.25, -0.2) is 0 Å².